The molecule has 0 saturated carbocycles. The van der Waals surface area contributed by atoms with Gasteiger partial charge < -0.3 is 9.64 Å². The van der Waals surface area contributed by atoms with E-state index in [1.165, 1.54) is 29.2 Å². The van der Waals surface area contributed by atoms with Gasteiger partial charge >= 0.3 is 6.03 Å². The molecule has 1 aliphatic heterocycles. The topological polar surface area (TPSA) is 82.4 Å². The Kier molecular flexibility index (Phi) is 5.35. The first kappa shape index (κ1) is 19.1. The minimum atomic E-state index is -0.698. The summed E-state index contributed by atoms with van der Waals surface area (Å²) in [4.78, 5) is 24.7. The summed E-state index contributed by atoms with van der Waals surface area (Å²) >= 11 is 9.17. The fourth-order valence-corrected chi connectivity index (χ4v) is 3.20. The fourth-order valence-electron chi connectivity index (χ4n) is 2.58. The third-order valence-corrected chi connectivity index (χ3v) is 4.87. The summed E-state index contributed by atoms with van der Waals surface area (Å²) in [5, 5.41) is 11.5. The molecular weight excluding hydrogens is 441 g/mol. The summed E-state index contributed by atoms with van der Waals surface area (Å²) in [5.41, 5.74) is 0.443. The summed E-state index contributed by atoms with van der Waals surface area (Å²) in [6.45, 7) is 1.46. The second kappa shape index (κ2) is 7.55. The molecule has 0 unspecified atom stereocenters. The predicted molar refractivity (Wildman–Crippen MR) is 98.9 cm³/mol. The zero-order valence-electron chi connectivity index (χ0n) is 13.9. The third kappa shape index (κ3) is 3.89. The van der Waals surface area contributed by atoms with Crippen LogP contribution in [0.15, 0.2) is 34.8 Å². The molecule has 3 rings (SSSR count). The molecule has 9 heteroatoms. The number of hydrogen-bond donors (Lipinski definition) is 1. The molecule has 2 aromatic rings. The minimum absolute atomic E-state index is 0.104. The lowest BCUT2D eigenvalue weighted by molar-refractivity contribution is -0.121. The van der Waals surface area contributed by atoms with Gasteiger partial charge in [-0.3, -0.25) is 10.1 Å². The Bertz CT molecular complexity index is 993. The van der Waals surface area contributed by atoms with Crippen molar-refractivity contribution in [2.75, 3.05) is 0 Å². The summed E-state index contributed by atoms with van der Waals surface area (Å²) < 4.78 is 21.0. The van der Waals surface area contributed by atoms with Gasteiger partial charge in [0, 0.05) is 10.6 Å². The summed E-state index contributed by atoms with van der Waals surface area (Å²) in [5.74, 6) is -1.05. The molecule has 138 valence electrons. The van der Waals surface area contributed by atoms with Gasteiger partial charge in [0.2, 0.25) is 0 Å². The molecule has 2 aromatic carbocycles. The van der Waals surface area contributed by atoms with Crippen LogP contribution in [0.4, 0.5) is 9.18 Å². The zero-order valence-corrected chi connectivity index (χ0v) is 16.3. The molecule has 0 radical (unpaired) electrons. The normalized spacial score (nSPS) is 16.3. The molecule has 1 atom stereocenters. The predicted octanol–water partition coefficient (Wildman–Crippen LogP) is 4.35. The average molecular weight is 453 g/mol. The van der Waals surface area contributed by atoms with Crippen molar-refractivity contribution in [2.45, 2.75) is 19.5 Å². The number of benzene rings is 2. The Morgan fingerprint density at radius 3 is 2.74 bits per heavy atom. The average Bonchev–Trinajstić information content (AvgIpc) is 2.86. The van der Waals surface area contributed by atoms with Gasteiger partial charge in [-0.15, -0.1) is 0 Å². The number of halogens is 3. The van der Waals surface area contributed by atoms with Gasteiger partial charge in [0.05, 0.1) is 22.7 Å². The number of imide groups is 1. The smallest absolute Gasteiger partial charge is 0.325 e. The van der Waals surface area contributed by atoms with Crippen LogP contribution in [-0.4, -0.2) is 22.9 Å². The van der Waals surface area contributed by atoms with Crippen LogP contribution in [0.2, 0.25) is 5.02 Å². The van der Waals surface area contributed by atoms with Crippen LogP contribution in [0.25, 0.3) is 0 Å². The second-order valence-electron chi connectivity index (χ2n) is 5.84. The number of ether oxygens (including phenoxy) is 1. The van der Waals surface area contributed by atoms with Crippen LogP contribution < -0.4 is 10.1 Å². The highest BCUT2D eigenvalue weighted by Gasteiger charge is 2.35. The number of hydrogen-bond acceptors (Lipinski definition) is 4. The van der Waals surface area contributed by atoms with E-state index in [2.05, 4.69) is 21.2 Å². The highest BCUT2D eigenvalue weighted by Crippen LogP contribution is 2.36. The maximum Gasteiger partial charge on any atom is 0.325 e. The molecule has 1 fully saturated rings. The van der Waals surface area contributed by atoms with E-state index in [0.29, 0.717) is 4.47 Å². The molecule has 1 aliphatic rings. The molecule has 0 bridgehead atoms. The molecule has 3 amide bonds. The lowest BCUT2D eigenvalue weighted by Gasteiger charge is -2.20. The van der Waals surface area contributed by atoms with Crippen molar-refractivity contribution in [2.24, 2.45) is 0 Å². The number of urea groups is 1. The van der Waals surface area contributed by atoms with Gasteiger partial charge in [0.1, 0.15) is 11.8 Å². The number of carbonyl (C=O) groups is 2. The fraction of sp³-hybridized carbons (Fsp3) is 0.167. The highest BCUT2D eigenvalue weighted by molar-refractivity contribution is 9.10. The van der Waals surface area contributed by atoms with Gasteiger partial charge in [0.15, 0.2) is 11.6 Å². The Balaban J connectivity index is 1.93. The van der Waals surface area contributed by atoms with E-state index in [-0.39, 0.29) is 34.2 Å². The van der Waals surface area contributed by atoms with Crippen molar-refractivity contribution in [3.8, 4) is 17.6 Å². The molecule has 1 heterocycles. The Morgan fingerprint density at radius 2 is 2.11 bits per heavy atom. The summed E-state index contributed by atoms with van der Waals surface area (Å²) in [6.07, 6.45) is 0. The minimum Gasteiger partial charge on any atom is -0.453 e. The first-order chi connectivity index (χ1) is 12.8. The molecule has 6 nitrogen and oxygen atoms in total. The van der Waals surface area contributed by atoms with Gasteiger partial charge in [-0.05, 0) is 47.1 Å². The number of nitrogens with zero attached hydrogens (tertiary/aromatic N) is 2. The number of carbonyl (C=O) groups excluding carboxylic acids is 2. The number of nitriles is 1. The number of amides is 3. The van der Waals surface area contributed by atoms with E-state index in [1.807, 2.05) is 6.07 Å². The van der Waals surface area contributed by atoms with Crippen LogP contribution in [0.1, 0.15) is 18.1 Å². The van der Waals surface area contributed by atoms with E-state index in [1.54, 1.807) is 13.0 Å². The van der Waals surface area contributed by atoms with E-state index in [4.69, 9.17) is 21.6 Å². The molecule has 1 N–H and O–H groups in total. The number of nitrogens with one attached hydrogen (secondary N) is 1. The van der Waals surface area contributed by atoms with Gasteiger partial charge in [0.25, 0.3) is 5.91 Å². The van der Waals surface area contributed by atoms with Crippen molar-refractivity contribution >= 4 is 39.5 Å². The summed E-state index contributed by atoms with van der Waals surface area (Å²) in [6, 6.07) is 8.08. The molecule has 0 aliphatic carbocycles. The first-order valence-corrected chi connectivity index (χ1v) is 8.94. The van der Waals surface area contributed by atoms with Crippen molar-refractivity contribution in [3.05, 3.63) is 56.8 Å². The van der Waals surface area contributed by atoms with E-state index < -0.39 is 23.8 Å². The van der Waals surface area contributed by atoms with Crippen LogP contribution >= 0.6 is 27.5 Å². The highest BCUT2D eigenvalue weighted by atomic mass is 79.9. The second-order valence-corrected chi connectivity index (χ2v) is 7.13. The monoisotopic (exact) mass is 451 g/mol. The van der Waals surface area contributed by atoms with Crippen molar-refractivity contribution < 1.29 is 18.7 Å². The van der Waals surface area contributed by atoms with Crippen LogP contribution in [0.5, 0.6) is 11.5 Å². The lowest BCUT2D eigenvalue weighted by atomic mass is 10.1. The maximum absolute atomic E-state index is 15.0. The standard InChI is InChI=1S/C18H12BrClFN3O3/c1-9-17(25)23-18(26)24(9)8-11-2-3-14(19)16(15(11)21)27-13-5-10(7-22)4-12(20)6-13/h2-6,9H,8H2,1H3,(H,23,25,26)/t9-/m1/s1. The van der Waals surface area contributed by atoms with Crippen molar-refractivity contribution in [3.63, 3.8) is 0 Å². The van der Waals surface area contributed by atoms with Crippen LogP contribution in [-0.2, 0) is 11.3 Å². The molecular formula is C18H12BrClFN3O3. The van der Waals surface area contributed by atoms with Gasteiger partial charge in [-0.1, -0.05) is 17.7 Å². The Morgan fingerprint density at radius 1 is 1.37 bits per heavy atom. The van der Waals surface area contributed by atoms with E-state index in [0.717, 1.165) is 0 Å². The van der Waals surface area contributed by atoms with Crippen LogP contribution in [0, 0.1) is 17.1 Å². The molecule has 0 aromatic heterocycles. The molecule has 1 saturated heterocycles. The Hall–Kier alpha value is -2.63. The lowest BCUT2D eigenvalue weighted by Crippen LogP contribution is -2.32. The van der Waals surface area contributed by atoms with Gasteiger partial charge in [-0.2, -0.15) is 5.26 Å². The Labute approximate surface area is 167 Å². The third-order valence-electron chi connectivity index (χ3n) is 4.03. The number of rotatable bonds is 4. The van der Waals surface area contributed by atoms with E-state index in [9.17, 15) is 9.59 Å². The first-order valence-electron chi connectivity index (χ1n) is 7.77. The van der Waals surface area contributed by atoms with Crippen molar-refractivity contribution in [1.82, 2.24) is 10.2 Å². The van der Waals surface area contributed by atoms with Crippen LogP contribution in [0.3, 0.4) is 0 Å². The summed E-state index contributed by atoms with van der Waals surface area (Å²) in [7, 11) is 0. The maximum atomic E-state index is 15.0. The zero-order chi connectivity index (χ0) is 19.7. The SMILES string of the molecule is C[C@@H]1C(=O)NC(=O)N1Cc1ccc(Br)c(Oc2cc(Cl)cc(C#N)c2)c1F. The quantitative estimate of drug-likeness (QED) is 0.699. The molecule has 0 spiro atoms. The van der Waals surface area contributed by atoms with E-state index >= 15 is 4.39 Å². The van der Waals surface area contributed by atoms with Crippen molar-refractivity contribution in [1.29, 1.82) is 5.26 Å². The molecule has 27 heavy (non-hydrogen) atoms. The largest absolute Gasteiger partial charge is 0.453 e. The van der Waals surface area contributed by atoms with Gasteiger partial charge in [-0.25, -0.2) is 9.18 Å².